The van der Waals surface area contributed by atoms with Gasteiger partial charge in [-0.2, -0.15) is 0 Å². The molecular formula is C23H29N5O5. The number of carboxylic acid groups (broad SMARTS) is 1. The lowest BCUT2D eigenvalue weighted by Crippen LogP contribution is -2.53. The molecule has 0 radical (unpaired) electrons. The van der Waals surface area contributed by atoms with Gasteiger partial charge in [0, 0.05) is 30.2 Å². The quantitative estimate of drug-likeness (QED) is 0.469. The van der Waals surface area contributed by atoms with Crippen molar-refractivity contribution in [3.63, 3.8) is 0 Å². The molecule has 0 aliphatic carbocycles. The number of likely N-dealkylation sites (tertiary alicyclic amines) is 2. The standard InChI is InChI=1S/C23H29N5O5/c24-16(11-14-12-25-17-6-2-1-5-15(14)17)22(31)28-10-3-7-18(28)21(30)26-13-20(29)27-9-4-8-19(27)23(32)33/h1-2,5-6,12,16,18-19,25H,3-4,7-11,13,24H2,(H,26,30)(H,32,33). The molecule has 3 unspecified atom stereocenters. The van der Waals surface area contributed by atoms with Gasteiger partial charge in [-0.15, -0.1) is 0 Å². The number of aromatic nitrogens is 1. The minimum atomic E-state index is -1.04. The van der Waals surface area contributed by atoms with Crippen molar-refractivity contribution in [3.8, 4) is 0 Å². The first kappa shape index (κ1) is 22.8. The van der Waals surface area contributed by atoms with Crippen molar-refractivity contribution in [1.82, 2.24) is 20.1 Å². The molecule has 0 bridgehead atoms. The molecule has 3 amide bonds. The molecule has 1 aromatic carbocycles. The largest absolute Gasteiger partial charge is 0.480 e. The summed E-state index contributed by atoms with van der Waals surface area (Å²) in [5.74, 6) is -2.18. The third kappa shape index (κ3) is 4.70. The number of nitrogens with two attached hydrogens (primary N) is 1. The number of hydrogen-bond donors (Lipinski definition) is 4. The Balaban J connectivity index is 1.34. The number of benzene rings is 1. The van der Waals surface area contributed by atoms with Crippen LogP contribution in [0.4, 0.5) is 0 Å². The van der Waals surface area contributed by atoms with Gasteiger partial charge in [-0.3, -0.25) is 14.4 Å². The number of nitrogens with one attached hydrogen (secondary N) is 2. The number of para-hydroxylation sites is 1. The van der Waals surface area contributed by atoms with Gasteiger partial charge in [0.15, 0.2) is 0 Å². The average molecular weight is 456 g/mol. The van der Waals surface area contributed by atoms with Crippen LogP contribution in [0.15, 0.2) is 30.5 Å². The predicted octanol–water partition coefficient (Wildman–Crippen LogP) is 0.221. The molecule has 3 atom stereocenters. The SMILES string of the molecule is NC(Cc1c[nH]c2ccccc12)C(=O)N1CCCC1C(=O)NCC(=O)N1CCCC1C(=O)O. The van der Waals surface area contributed by atoms with Crippen LogP contribution in [0.1, 0.15) is 31.2 Å². The highest BCUT2D eigenvalue weighted by molar-refractivity contribution is 5.93. The molecule has 2 saturated heterocycles. The molecule has 2 aliphatic heterocycles. The van der Waals surface area contributed by atoms with Crippen molar-refractivity contribution in [2.75, 3.05) is 19.6 Å². The topological polar surface area (TPSA) is 149 Å². The summed E-state index contributed by atoms with van der Waals surface area (Å²) in [5, 5.41) is 12.8. The molecule has 3 heterocycles. The average Bonchev–Trinajstić information content (AvgIpc) is 3.56. The summed E-state index contributed by atoms with van der Waals surface area (Å²) in [4.78, 5) is 55.5. The van der Waals surface area contributed by atoms with Gasteiger partial charge in [0.25, 0.3) is 0 Å². The van der Waals surface area contributed by atoms with E-state index in [4.69, 9.17) is 5.73 Å². The summed E-state index contributed by atoms with van der Waals surface area (Å²) >= 11 is 0. The smallest absolute Gasteiger partial charge is 0.326 e. The Morgan fingerprint density at radius 2 is 1.79 bits per heavy atom. The third-order valence-corrected chi connectivity index (χ3v) is 6.54. The second kappa shape index (κ2) is 9.62. The van der Waals surface area contributed by atoms with Crippen LogP contribution in [-0.2, 0) is 25.6 Å². The first-order valence-electron chi connectivity index (χ1n) is 11.3. The van der Waals surface area contributed by atoms with Gasteiger partial charge in [-0.25, -0.2) is 4.79 Å². The normalized spacial score (nSPS) is 21.4. The lowest BCUT2D eigenvalue weighted by Gasteiger charge is -2.27. The summed E-state index contributed by atoms with van der Waals surface area (Å²) in [7, 11) is 0. The van der Waals surface area contributed by atoms with Gasteiger partial charge >= 0.3 is 5.97 Å². The number of aromatic amines is 1. The number of carbonyl (C=O) groups is 4. The van der Waals surface area contributed by atoms with Gasteiger partial charge in [0.1, 0.15) is 12.1 Å². The molecule has 5 N–H and O–H groups in total. The molecule has 0 saturated carbocycles. The molecule has 176 valence electrons. The highest BCUT2D eigenvalue weighted by Crippen LogP contribution is 2.22. The van der Waals surface area contributed by atoms with Crippen LogP contribution in [0.5, 0.6) is 0 Å². The number of carboxylic acids is 1. The Morgan fingerprint density at radius 1 is 1.09 bits per heavy atom. The van der Waals surface area contributed by atoms with Crippen LogP contribution >= 0.6 is 0 Å². The van der Waals surface area contributed by atoms with Crippen LogP contribution in [0.25, 0.3) is 10.9 Å². The number of carbonyl (C=O) groups excluding carboxylic acids is 3. The van der Waals surface area contributed by atoms with E-state index in [-0.39, 0.29) is 12.5 Å². The number of H-pyrrole nitrogens is 1. The van der Waals surface area contributed by atoms with E-state index in [1.54, 1.807) is 0 Å². The molecule has 10 nitrogen and oxygen atoms in total. The summed E-state index contributed by atoms with van der Waals surface area (Å²) in [6, 6.07) is 5.45. The van der Waals surface area contributed by atoms with E-state index in [9.17, 15) is 24.3 Å². The van der Waals surface area contributed by atoms with E-state index in [0.29, 0.717) is 45.2 Å². The van der Waals surface area contributed by atoms with Crippen molar-refractivity contribution in [2.24, 2.45) is 5.73 Å². The number of rotatable bonds is 7. The maximum Gasteiger partial charge on any atom is 0.326 e. The fraction of sp³-hybridized carbons (Fsp3) is 0.478. The molecule has 1 aromatic heterocycles. The van der Waals surface area contributed by atoms with Crippen molar-refractivity contribution < 1.29 is 24.3 Å². The van der Waals surface area contributed by atoms with Gasteiger partial charge in [-0.05, 0) is 43.7 Å². The minimum absolute atomic E-state index is 0.289. The van der Waals surface area contributed by atoms with Gasteiger partial charge in [0.2, 0.25) is 17.7 Å². The monoisotopic (exact) mass is 455 g/mol. The fourth-order valence-corrected chi connectivity index (χ4v) is 4.84. The Bertz CT molecular complexity index is 1070. The Kier molecular flexibility index (Phi) is 6.64. The maximum atomic E-state index is 13.1. The summed E-state index contributed by atoms with van der Waals surface area (Å²) in [6.07, 6.45) is 4.39. The van der Waals surface area contributed by atoms with Gasteiger partial charge in [-0.1, -0.05) is 18.2 Å². The van der Waals surface area contributed by atoms with Crippen LogP contribution in [0, 0.1) is 0 Å². The molecule has 0 spiro atoms. The third-order valence-electron chi connectivity index (χ3n) is 6.54. The second-order valence-electron chi connectivity index (χ2n) is 8.66. The van der Waals surface area contributed by atoms with E-state index < -0.39 is 35.9 Å². The first-order valence-corrected chi connectivity index (χ1v) is 11.3. The zero-order valence-electron chi connectivity index (χ0n) is 18.3. The lowest BCUT2D eigenvalue weighted by atomic mass is 10.0. The van der Waals surface area contributed by atoms with E-state index in [0.717, 1.165) is 16.5 Å². The van der Waals surface area contributed by atoms with Crippen molar-refractivity contribution in [1.29, 1.82) is 0 Å². The van der Waals surface area contributed by atoms with E-state index >= 15 is 0 Å². The first-order chi connectivity index (χ1) is 15.9. The van der Waals surface area contributed by atoms with Crippen LogP contribution in [-0.4, -0.2) is 81.3 Å². The lowest BCUT2D eigenvalue weighted by molar-refractivity contribution is -0.148. The molecule has 33 heavy (non-hydrogen) atoms. The van der Waals surface area contributed by atoms with Crippen LogP contribution < -0.4 is 11.1 Å². The number of nitrogens with zero attached hydrogens (tertiary/aromatic N) is 2. The zero-order valence-corrected chi connectivity index (χ0v) is 18.3. The van der Waals surface area contributed by atoms with Crippen molar-refractivity contribution in [3.05, 3.63) is 36.0 Å². The Morgan fingerprint density at radius 3 is 2.55 bits per heavy atom. The van der Waals surface area contributed by atoms with Gasteiger partial charge in [0.05, 0.1) is 12.6 Å². The van der Waals surface area contributed by atoms with Crippen LogP contribution in [0.2, 0.25) is 0 Å². The summed E-state index contributed by atoms with van der Waals surface area (Å²) in [6.45, 7) is 0.505. The number of fused-ring (bicyclic) bond motifs is 1. The molecule has 4 rings (SSSR count). The number of amides is 3. The Labute approximate surface area is 191 Å². The molecule has 2 aliphatic rings. The van der Waals surface area contributed by atoms with E-state index in [2.05, 4.69) is 10.3 Å². The molecule has 10 heteroatoms. The maximum absolute atomic E-state index is 13.1. The number of aliphatic carboxylic acids is 1. The molecule has 2 aromatic rings. The Hall–Kier alpha value is -3.40. The van der Waals surface area contributed by atoms with Gasteiger partial charge < -0.3 is 30.9 Å². The zero-order chi connectivity index (χ0) is 23.5. The predicted molar refractivity (Wildman–Crippen MR) is 120 cm³/mol. The highest BCUT2D eigenvalue weighted by Gasteiger charge is 2.37. The number of hydrogen-bond acceptors (Lipinski definition) is 5. The second-order valence-corrected chi connectivity index (χ2v) is 8.66. The van der Waals surface area contributed by atoms with E-state index in [1.165, 1.54) is 9.80 Å². The van der Waals surface area contributed by atoms with Crippen molar-refractivity contribution in [2.45, 2.75) is 50.2 Å². The minimum Gasteiger partial charge on any atom is -0.480 e. The molecule has 2 fully saturated rings. The van der Waals surface area contributed by atoms with Crippen molar-refractivity contribution >= 4 is 34.6 Å². The van der Waals surface area contributed by atoms with E-state index in [1.807, 2.05) is 30.5 Å². The molecular weight excluding hydrogens is 426 g/mol. The highest BCUT2D eigenvalue weighted by atomic mass is 16.4. The summed E-state index contributed by atoms with van der Waals surface area (Å²) in [5.41, 5.74) is 8.15. The fourth-order valence-electron chi connectivity index (χ4n) is 4.84. The van der Waals surface area contributed by atoms with Crippen LogP contribution in [0.3, 0.4) is 0 Å². The summed E-state index contributed by atoms with van der Waals surface area (Å²) < 4.78 is 0.